The Morgan fingerprint density at radius 3 is 2.32 bits per heavy atom. The number of carbonyl (C=O) groups is 4. The van der Waals surface area contributed by atoms with E-state index in [2.05, 4.69) is 10.6 Å². The van der Waals surface area contributed by atoms with Crippen molar-refractivity contribution in [3.05, 3.63) is 64.7 Å². The zero-order valence-electron chi connectivity index (χ0n) is 18.1. The van der Waals surface area contributed by atoms with E-state index in [9.17, 15) is 32.3 Å². The van der Waals surface area contributed by atoms with E-state index in [4.69, 9.17) is 16.3 Å². The van der Waals surface area contributed by atoms with Gasteiger partial charge in [-0.15, -0.1) is 0 Å². The lowest BCUT2D eigenvalue weighted by molar-refractivity contribution is -0.153. The smallest absolute Gasteiger partial charge is 0.417 e. The third kappa shape index (κ3) is 8.51. The lowest BCUT2D eigenvalue weighted by Crippen LogP contribution is -2.32. The summed E-state index contributed by atoms with van der Waals surface area (Å²) in [7, 11) is 0. The van der Waals surface area contributed by atoms with Crippen LogP contribution in [0, 0.1) is 0 Å². The number of ketones is 1. The normalized spacial score (nSPS) is 11.9. The molecule has 1 atom stereocenters. The van der Waals surface area contributed by atoms with E-state index < -0.39 is 40.7 Å². The Morgan fingerprint density at radius 1 is 1.00 bits per heavy atom. The largest absolute Gasteiger partial charge is 0.452 e. The Kier molecular flexibility index (Phi) is 9.61. The number of Topliss-reactive ketones (excluding diaryl/α,β-unsaturated/α-hetero) is 1. The first kappa shape index (κ1) is 26.8. The molecule has 0 fully saturated rings. The molecular formula is C23H22ClF3N2O5. The lowest BCUT2D eigenvalue weighted by Gasteiger charge is -2.15. The quantitative estimate of drug-likeness (QED) is 0.373. The molecule has 34 heavy (non-hydrogen) atoms. The molecule has 2 N–H and O–H groups in total. The molecule has 0 aromatic heterocycles. The minimum Gasteiger partial charge on any atom is -0.452 e. The summed E-state index contributed by atoms with van der Waals surface area (Å²) in [5.41, 5.74) is -0.779. The van der Waals surface area contributed by atoms with Crippen molar-refractivity contribution >= 4 is 40.9 Å². The van der Waals surface area contributed by atoms with Crippen molar-refractivity contribution in [1.82, 2.24) is 5.32 Å². The predicted molar refractivity (Wildman–Crippen MR) is 118 cm³/mol. The molecule has 2 aromatic rings. The fourth-order valence-electron chi connectivity index (χ4n) is 2.76. The lowest BCUT2D eigenvalue weighted by atomic mass is 10.1. The summed E-state index contributed by atoms with van der Waals surface area (Å²) < 4.78 is 43.7. The van der Waals surface area contributed by atoms with Gasteiger partial charge in [0, 0.05) is 30.6 Å². The van der Waals surface area contributed by atoms with E-state index in [-0.39, 0.29) is 37.3 Å². The number of rotatable bonds is 10. The zero-order chi connectivity index (χ0) is 25.3. The van der Waals surface area contributed by atoms with Crippen LogP contribution in [0.4, 0.5) is 18.9 Å². The van der Waals surface area contributed by atoms with Crippen molar-refractivity contribution in [2.75, 3.05) is 11.9 Å². The number of nitrogens with one attached hydrogen (secondary N) is 2. The van der Waals surface area contributed by atoms with E-state index in [0.717, 1.165) is 6.07 Å². The first-order valence-corrected chi connectivity index (χ1v) is 10.6. The maximum absolute atomic E-state index is 12.9. The van der Waals surface area contributed by atoms with Crippen LogP contribution in [0.5, 0.6) is 0 Å². The van der Waals surface area contributed by atoms with Gasteiger partial charge >= 0.3 is 12.1 Å². The van der Waals surface area contributed by atoms with Crippen LogP contribution < -0.4 is 10.6 Å². The molecule has 0 bridgehead atoms. The molecule has 11 heteroatoms. The third-order valence-electron chi connectivity index (χ3n) is 4.54. The van der Waals surface area contributed by atoms with Crippen LogP contribution in [-0.4, -0.2) is 36.2 Å². The molecule has 7 nitrogen and oxygen atoms in total. The standard InChI is InChI=1S/C23H22ClF3N2O5/c1-14(22(33)29-16-7-8-18(24)17(13-16)23(25,26)27)34-21(32)11-12-28-20(31)10-9-19(30)15-5-3-2-4-6-15/h2-8,13-14H,9-12H2,1H3,(H,28,31)(H,29,33)/t14-/m1/s1. The van der Waals surface area contributed by atoms with Crippen LogP contribution in [0.3, 0.4) is 0 Å². The number of ether oxygens (including phenoxy) is 1. The predicted octanol–water partition coefficient (Wildman–Crippen LogP) is 4.40. The Labute approximate surface area is 198 Å². The van der Waals surface area contributed by atoms with Gasteiger partial charge in [0.2, 0.25) is 5.91 Å². The van der Waals surface area contributed by atoms with Gasteiger partial charge in [-0.25, -0.2) is 0 Å². The van der Waals surface area contributed by atoms with Gasteiger partial charge in [0.05, 0.1) is 17.0 Å². The molecule has 0 saturated heterocycles. The maximum atomic E-state index is 12.9. The molecule has 182 valence electrons. The van der Waals surface area contributed by atoms with Gasteiger partial charge in [-0.2, -0.15) is 13.2 Å². The van der Waals surface area contributed by atoms with E-state index in [1.54, 1.807) is 30.3 Å². The zero-order valence-corrected chi connectivity index (χ0v) is 18.8. The summed E-state index contributed by atoms with van der Waals surface area (Å²) >= 11 is 5.53. The van der Waals surface area contributed by atoms with E-state index in [0.29, 0.717) is 11.6 Å². The fourth-order valence-corrected chi connectivity index (χ4v) is 2.99. The summed E-state index contributed by atoms with van der Waals surface area (Å²) in [6.45, 7) is 1.18. The molecule has 2 aromatic carbocycles. The van der Waals surface area contributed by atoms with E-state index in [1.807, 2.05) is 0 Å². The number of anilines is 1. The minimum absolute atomic E-state index is 0.0122. The van der Waals surface area contributed by atoms with Crippen LogP contribution >= 0.6 is 11.6 Å². The van der Waals surface area contributed by atoms with Crippen LogP contribution in [-0.2, 0) is 25.3 Å². The van der Waals surface area contributed by atoms with Crippen LogP contribution in [0.15, 0.2) is 48.5 Å². The number of halogens is 4. The number of hydrogen-bond acceptors (Lipinski definition) is 5. The number of amides is 2. The van der Waals surface area contributed by atoms with Crippen LogP contribution in [0.25, 0.3) is 0 Å². The number of carbonyl (C=O) groups excluding carboxylic acids is 4. The second kappa shape index (κ2) is 12.2. The molecule has 0 saturated carbocycles. The van der Waals surface area contributed by atoms with Gasteiger partial charge in [0.25, 0.3) is 5.91 Å². The summed E-state index contributed by atoms with van der Waals surface area (Å²) in [4.78, 5) is 47.9. The second-order valence-corrected chi connectivity index (χ2v) is 7.61. The van der Waals surface area contributed by atoms with Gasteiger partial charge in [-0.1, -0.05) is 41.9 Å². The number of alkyl halides is 3. The van der Waals surface area contributed by atoms with Crippen molar-refractivity contribution in [3.63, 3.8) is 0 Å². The Hall–Kier alpha value is -3.40. The number of benzene rings is 2. The molecule has 0 aliphatic heterocycles. The van der Waals surface area contributed by atoms with Gasteiger partial charge in [-0.05, 0) is 25.1 Å². The van der Waals surface area contributed by atoms with Crippen molar-refractivity contribution in [2.24, 2.45) is 0 Å². The van der Waals surface area contributed by atoms with Crippen molar-refractivity contribution in [1.29, 1.82) is 0 Å². The molecule has 0 heterocycles. The molecule has 0 aliphatic carbocycles. The van der Waals surface area contributed by atoms with Crippen molar-refractivity contribution < 1.29 is 37.1 Å². The van der Waals surface area contributed by atoms with Crippen molar-refractivity contribution in [3.8, 4) is 0 Å². The molecule has 0 spiro atoms. The van der Waals surface area contributed by atoms with Crippen molar-refractivity contribution in [2.45, 2.75) is 38.5 Å². The first-order chi connectivity index (χ1) is 16.0. The topological polar surface area (TPSA) is 102 Å². The molecule has 2 amide bonds. The average Bonchev–Trinajstić information content (AvgIpc) is 2.78. The molecule has 0 aliphatic rings. The third-order valence-corrected chi connectivity index (χ3v) is 4.87. The molecule has 0 radical (unpaired) electrons. The Balaban J connectivity index is 1.72. The molecule has 2 rings (SSSR count). The first-order valence-electron chi connectivity index (χ1n) is 10.2. The number of hydrogen-bond donors (Lipinski definition) is 2. The highest BCUT2D eigenvalue weighted by Gasteiger charge is 2.33. The van der Waals surface area contributed by atoms with Crippen LogP contribution in [0.1, 0.15) is 42.1 Å². The van der Waals surface area contributed by atoms with Gasteiger partial charge < -0.3 is 15.4 Å². The highest BCUT2D eigenvalue weighted by atomic mass is 35.5. The molecular weight excluding hydrogens is 477 g/mol. The average molecular weight is 499 g/mol. The summed E-state index contributed by atoms with van der Waals surface area (Å²) in [6, 6.07) is 11.4. The molecule has 0 unspecified atom stereocenters. The van der Waals surface area contributed by atoms with Gasteiger partial charge in [-0.3, -0.25) is 19.2 Å². The summed E-state index contributed by atoms with van der Waals surface area (Å²) in [5.74, 6) is -2.24. The van der Waals surface area contributed by atoms with E-state index >= 15 is 0 Å². The summed E-state index contributed by atoms with van der Waals surface area (Å²) in [6.07, 6.45) is -6.28. The maximum Gasteiger partial charge on any atom is 0.417 e. The van der Waals surface area contributed by atoms with Gasteiger partial charge in [0.15, 0.2) is 11.9 Å². The monoisotopic (exact) mass is 498 g/mol. The number of esters is 1. The minimum atomic E-state index is -4.70. The fraction of sp³-hybridized carbons (Fsp3) is 0.304. The Morgan fingerprint density at radius 2 is 1.68 bits per heavy atom. The highest BCUT2D eigenvalue weighted by molar-refractivity contribution is 6.31. The van der Waals surface area contributed by atoms with Gasteiger partial charge in [0.1, 0.15) is 0 Å². The SMILES string of the molecule is C[C@@H](OC(=O)CCNC(=O)CCC(=O)c1ccccc1)C(=O)Nc1ccc(Cl)c(C(F)(F)F)c1. The second-order valence-electron chi connectivity index (χ2n) is 7.20. The highest BCUT2D eigenvalue weighted by Crippen LogP contribution is 2.36. The summed E-state index contributed by atoms with van der Waals surface area (Å²) in [5, 5.41) is 4.18. The van der Waals surface area contributed by atoms with E-state index in [1.165, 1.54) is 13.0 Å². The Bertz CT molecular complexity index is 1040. The van der Waals surface area contributed by atoms with Crippen LogP contribution in [0.2, 0.25) is 5.02 Å².